The molecule has 1 fully saturated rings. The number of carbonyl (C=O) groups excluding carboxylic acids is 1. The molecule has 8 heteroatoms. The van der Waals surface area contributed by atoms with Gasteiger partial charge in [-0.25, -0.2) is 8.42 Å². The van der Waals surface area contributed by atoms with Gasteiger partial charge < -0.3 is 14.8 Å². The topological polar surface area (TPSA) is 84.9 Å². The molecule has 1 aromatic carbocycles. The summed E-state index contributed by atoms with van der Waals surface area (Å²) < 4.78 is 37.5. The number of benzene rings is 1. The molecule has 146 valence electrons. The Labute approximate surface area is 155 Å². The maximum Gasteiger partial charge on any atom is 0.243 e. The van der Waals surface area contributed by atoms with Gasteiger partial charge in [0, 0.05) is 31.6 Å². The first-order valence-corrected chi connectivity index (χ1v) is 10.4. The third-order valence-electron chi connectivity index (χ3n) is 4.65. The molecule has 1 aliphatic rings. The maximum atomic E-state index is 12.9. The smallest absolute Gasteiger partial charge is 0.243 e. The molecular formula is C18H28N2O5S. The summed E-state index contributed by atoms with van der Waals surface area (Å²) in [6, 6.07) is 4.57. The second-order valence-electron chi connectivity index (χ2n) is 6.34. The minimum Gasteiger partial charge on any atom is -0.493 e. The second-order valence-corrected chi connectivity index (χ2v) is 8.28. The number of carbonyl (C=O) groups is 1. The zero-order valence-corrected chi connectivity index (χ0v) is 16.5. The fourth-order valence-electron chi connectivity index (χ4n) is 3.02. The van der Waals surface area contributed by atoms with Crippen LogP contribution in [0.2, 0.25) is 0 Å². The van der Waals surface area contributed by atoms with Crippen LogP contribution in [0.1, 0.15) is 32.6 Å². The third-order valence-corrected chi connectivity index (χ3v) is 6.54. The Morgan fingerprint density at radius 1 is 1.19 bits per heavy atom. The van der Waals surface area contributed by atoms with Gasteiger partial charge in [0.2, 0.25) is 15.9 Å². The van der Waals surface area contributed by atoms with Crippen LogP contribution in [0.5, 0.6) is 11.5 Å². The monoisotopic (exact) mass is 384 g/mol. The average Bonchev–Trinajstić information content (AvgIpc) is 2.67. The van der Waals surface area contributed by atoms with Crippen molar-refractivity contribution in [3.8, 4) is 11.5 Å². The van der Waals surface area contributed by atoms with Crippen LogP contribution in [-0.4, -0.2) is 52.5 Å². The molecule has 26 heavy (non-hydrogen) atoms. The van der Waals surface area contributed by atoms with E-state index < -0.39 is 10.0 Å². The van der Waals surface area contributed by atoms with Crippen molar-refractivity contribution in [1.29, 1.82) is 0 Å². The van der Waals surface area contributed by atoms with E-state index in [1.807, 2.05) is 0 Å². The summed E-state index contributed by atoms with van der Waals surface area (Å²) in [4.78, 5) is 12.3. The molecule has 0 radical (unpaired) electrons. The summed E-state index contributed by atoms with van der Waals surface area (Å²) in [7, 11) is -0.652. The minimum atomic E-state index is -3.62. The summed E-state index contributed by atoms with van der Waals surface area (Å²) in [5.74, 6) is 0.762. The summed E-state index contributed by atoms with van der Waals surface area (Å²) in [5, 5.41) is 2.93. The van der Waals surface area contributed by atoms with Crippen LogP contribution in [0, 0.1) is 5.92 Å². The number of hydrogen-bond acceptors (Lipinski definition) is 5. The van der Waals surface area contributed by atoms with Crippen LogP contribution in [0.15, 0.2) is 23.1 Å². The van der Waals surface area contributed by atoms with Crippen LogP contribution in [-0.2, 0) is 14.8 Å². The lowest BCUT2D eigenvalue weighted by Gasteiger charge is -2.30. The number of amides is 1. The molecule has 0 aromatic heterocycles. The van der Waals surface area contributed by atoms with Crippen molar-refractivity contribution in [2.45, 2.75) is 37.5 Å². The van der Waals surface area contributed by atoms with E-state index in [2.05, 4.69) is 12.2 Å². The molecule has 0 atom stereocenters. The van der Waals surface area contributed by atoms with Crippen molar-refractivity contribution in [1.82, 2.24) is 9.62 Å². The Bertz CT molecular complexity index is 712. The molecule has 0 unspecified atom stereocenters. The second kappa shape index (κ2) is 9.23. The number of unbranched alkanes of at least 4 members (excludes halogenated alkanes) is 1. The first-order valence-electron chi connectivity index (χ1n) is 8.94. The minimum absolute atomic E-state index is 0.0293. The first kappa shape index (κ1) is 20.5. The number of nitrogens with one attached hydrogen (secondary N) is 1. The lowest BCUT2D eigenvalue weighted by Crippen LogP contribution is -2.43. The molecule has 1 heterocycles. The average molecular weight is 384 g/mol. The number of methoxy groups -OCH3 is 2. The van der Waals surface area contributed by atoms with Gasteiger partial charge in [0.15, 0.2) is 11.5 Å². The van der Waals surface area contributed by atoms with E-state index in [0.717, 1.165) is 12.8 Å². The Morgan fingerprint density at radius 2 is 1.85 bits per heavy atom. The van der Waals surface area contributed by atoms with Crippen LogP contribution >= 0.6 is 0 Å². The molecule has 1 aliphatic heterocycles. The molecule has 0 bridgehead atoms. The molecule has 2 rings (SSSR count). The van der Waals surface area contributed by atoms with Crippen LogP contribution in [0.3, 0.4) is 0 Å². The molecule has 1 N–H and O–H groups in total. The molecule has 0 spiro atoms. The van der Waals surface area contributed by atoms with Crippen molar-refractivity contribution in [3.05, 3.63) is 18.2 Å². The Morgan fingerprint density at radius 3 is 2.42 bits per heavy atom. The molecule has 1 amide bonds. The number of rotatable bonds is 8. The standard InChI is InChI=1S/C18H28N2O5S/c1-4-5-10-19-18(21)14-8-11-20(12-9-14)26(22,23)15-6-7-16(24-2)17(13-15)25-3/h6-7,13-14H,4-5,8-12H2,1-3H3,(H,19,21). The SMILES string of the molecule is CCCCNC(=O)C1CCN(S(=O)(=O)c2ccc(OC)c(OC)c2)CC1. The lowest BCUT2D eigenvalue weighted by molar-refractivity contribution is -0.126. The normalized spacial score (nSPS) is 16.3. The van der Waals surface area contributed by atoms with Crippen LogP contribution in [0.25, 0.3) is 0 Å². The van der Waals surface area contributed by atoms with Gasteiger partial charge in [0.05, 0.1) is 19.1 Å². The highest BCUT2D eigenvalue weighted by Gasteiger charge is 2.32. The number of piperidine rings is 1. The molecule has 1 saturated heterocycles. The van der Waals surface area contributed by atoms with E-state index in [0.29, 0.717) is 44.0 Å². The van der Waals surface area contributed by atoms with Crippen LogP contribution < -0.4 is 14.8 Å². The van der Waals surface area contributed by atoms with Gasteiger partial charge in [-0.3, -0.25) is 4.79 Å². The zero-order chi connectivity index (χ0) is 19.2. The van der Waals surface area contributed by atoms with Crippen molar-refractivity contribution in [2.75, 3.05) is 33.9 Å². The molecular weight excluding hydrogens is 356 g/mol. The number of ether oxygens (including phenoxy) is 2. The largest absolute Gasteiger partial charge is 0.493 e. The summed E-state index contributed by atoms with van der Waals surface area (Å²) in [6.07, 6.45) is 3.05. The summed E-state index contributed by atoms with van der Waals surface area (Å²) >= 11 is 0. The van der Waals surface area contributed by atoms with E-state index in [4.69, 9.17) is 9.47 Å². The maximum absolute atomic E-state index is 12.9. The summed E-state index contributed by atoms with van der Waals surface area (Å²) in [6.45, 7) is 3.42. The van der Waals surface area contributed by atoms with Crippen molar-refractivity contribution in [3.63, 3.8) is 0 Å². The van der Waals surface area contributed by atoms with E-state index >= 15 is 0 Å². The van der Waals surface area contributed by atoms with Gasteiger partial charge in [-0.2, -0.15) is 4.31 Å². The predicted octanol–water partition coefficient (Wildman–Crippen LogP) is 2.02. The number of hydrogen-bond donors (Lipinski definition) is 1. The number of sulfonamides is 1. The highest BCUT2D eigenvalue weighted by atomic mass is 32.2. The highest BCUT2D eigenvalue weighted by molar-refractivity contribution is 7.89. The zero-order valence-electron chi connectivity index (χ0n) is 15.7. The van der Waals surface area contributed by atoms with E-state index in [-0.39, 0.29) is 16.7 Å². The van der Waals surface area contributed by atoms with Gasteiger partial charge in [0.25, 0.3) is 0 Å². The fourth-order valence-corrected chi connectivity index (χ4v) is 4.50. The van der Waals surface area contributed by atoms with Gasteiger partial charge in [-0.15, -0.1) is 0 Å². The quantitative estimate of drug-likeness (QED) is 0.693. The molecule has 7 nitrogen and oxygen atoms in total. The lowest BCUT2D eigenvalue weighted by atomic mass is 9.97. The Balaban J connectivity index is 2.02. The first-order chi connectivity index (χ1) is 12.4. The van der Waals surface area contributed by atoms with E-state index in [1.165, 1.54) is 30.7 Å². The third kappa shape index (κ3) is 4.67. The van der Waals surface area contributed by atoms with Crippen LogP contribution in [0.4, 0.5) is 0 Å². The fraction of sp³-hybridized carbons (Fsp3) is 0.611. The Hall–Kier alpha value is -1.80. The van der Waals surface area contributed by atoms with Gasteiger partial charge in [-0.1, -0.05) is 13.3 Å². The van der Waals surface area contributed by atoms with E-state index in [1.54, 1.807) is 6.07 Å². The van der Waals surface area contributed by atoms with Gasteiger partial charge in [0.1, 0.15) is 0 Å². The predicted molar refractivity (Wildman–Crippen MR) is 98.9 cm³/mol. The van der Waals surface area contributed by atoms with E-state index in [9.17, 15) is 13.2 Å². The van der Waals surface area contributed by atoms with Crippen molar-refractivity contribution >= 4 is 15.9 Å². The Kier molecular flexibility index (Phi) is 7.28. The molecule has 0 aliphatic carbocycles. The molecule has 0 saturated carbocycles. The van der Waals surface area contributed by atoms with Crippen molar-refractivity contribution < 1.29 is 22.7 Å². The van der Waals surface area contributed by atoms with Gasteiger partial charge in [-0.05, 0) is 31.4 Å². The van der Waals surface area contributed by atoms with Gasteiger partial charge >= 0.3 is 0 Å². The van der Waals surface area contributed by atoms with Crippen molar-refractivity contribution in [2.24, 2.45) is 5.92 Å². The summed E-state index contributed by atoms with van der Waals surface area (Å²) in [5.41, 5.74) is 0. The highest BCUT2D eigenvalue weighted by Crippen LogP contribution is 2.31. The number of nitrogens with zero attached hydrogens (tertiary/aromatic N) is 1. The molecule has 1 aromatic rings.